The normalized spacial score (nSPS) is 11.1. The molecule has 0 spiro atoms. The van der Waals surface area contributed by atoms with E-state index in [0.29, 0.717) is 34.4 Å². The molecule has 0 fully saturated rings. The highest BCUT2D eigenvalue weighted by Gasteiger charge is 2.19. The van der Waals surface area contributed by atoms with Gasteiger partial charge < -0.3 is 18.6 Å². The number of benzene rings is 3. The van der Waals surface area contributed by atoms with Crippen molar-refractivity contribution in [1.82, 2.24) is 0 Å². The van der Waals surface area contributed by atoms with E-state index in [9.17, 15) is 9.59 Å². The van der Waals surface area contributed by atoms with Gasteiger partial charge in [-0.2, -0.15) is 5.26 Å². The molecule has 0 bridgehead atoms. The van der Waals surface area contributed by atoms with Crippen molar-refractivity contribution in [2.24, 2.45) is 0 Å². The highest BCUT2D eigenvalue weighted by Crippen LogP contribution is 2.32. The summed E-state index contributed by atoms with van der Waals surface area (Å²) in [6, 6.07) is 20.1. The summed E-state index contributed by atoms with van der Waals surface area (Å²) >= 11 is 0. The van der Waals surface area contributed by atoms with Crippen molar-refractivity contribution in [2.45, 2.75) is 39.9 Å². The lowest BCUT2D eigenvalue weighted by molar-refractivity contribution is -0.138. The Morgan fingerprint density at radius 1 is 1.03 bits per heavy atom. The third-order valence-corrected chi connectivity index (χ3v) is 6.23. The van der Waals surface area contributed by atoms with Crippen molar-refractivity contribution in [3.63, 3.8) is 0 Å². The molecule has 1 heterocycles. The molecule has 0 aliphatic carbocycles. The van der Waals surface area contributed by atoms with Crippen LogP contribution in [0.25, 0.3) is 17.0 Å². The van der Waals surface area contributed by atoms with Gasteiger partial charge in [0.15, 0.2) is 0 Å². The van der Waals surface area contributed by atoms with Crippen molar-refractivity contribution < 1.29 is 23.4 Å². The Balaban J connectivity index is 1.63. The van der Waals surface area contributed by atoms with Crippen LogP contribution in [0.2, 0.25) is 0 Å². The molecule has 0 saturated heterocycles. The number of nitrogens with zero attached hydrogens (tertiary/aromatic N) is 1. The van der Waals surface area contributed by atoms with Crippen LogP contribution in [-0.4, -0.2) is 19.2 Å². The van der Waals surface area contributed by atoms with Crippen LogP contribution in [0.1, 0.15) is 47.2 Å². The summed E-state index contributed by atoms with van der Waals surface area (Å²) in [5.74, 6) is 0.655. The monoisotopic (exact) mass is 523 g/mol. The van der Waals surface area contributed by atoms with Gasteiger partial charge in [0.1, 0.15) is 23.7 Å². The molecule has 4 aromatic rings. The lowest BCUT2D eigenvalue weighted by Gasteiger charge is -2.17. The minimum atomic E-state index is -0.546. The SMILES string of the molecule is COc1ccc(/C=C/C(=O)OCc2c(OC(C)C)ccc3c(C)c(Cc4ccc(C#N)cc4)c(=O)oc23)cc1. The third kappa shape index (κ3) is 6.55. The molecule has 0 amide bonds. The Kier molecular flexibility index (Phi) is 8.47. The van der Waals surface area contributed by atoms with E-state index in [2.05, 4.69) is 6.07 Å². The van der Waals surface area contributed by atoms with Crippen LogP contribution in [0.5, 0.6) is 11.5 Å². The Bertz CT molecular complexity index is 1610. The first-order valence-electron chi connectivity index (χ1n) is 12.5. The molecule has 0 saturated carbocycles. The molecule has 39 heavy (non-hydrogen) atoms. The Morgan fingerprint density at radius 2 is 1.74 bits per heavy atom. The highest BCUT2D eigenvalue weighted by atomic mass is 16.5. The predicted octanol–water partition coefficient (Wildman–Crippen LogP) is 6.12. The second-order valence-electron chi connectivity index (χ2n) is 9.28. The van der Waals surface area contributed by atoms with Gasteiger partial charge >= 0.3 is 11.6 Å². The summed E-state index contributed by atoms with van der Waals surface area (Å²) in [4.78, 5) is 25.7. The number of rotatable bonds is 9. The van der Waals surface area contributed by atoms with E-state index >= 15 is 0 Å². The van der Waals surface area contributed by atoms with Crippen LogP contribution >= 0.6 is 0 Å². The molecule has 3 aromatic carbocycles. The Morgan fingerprint density at radius 3 is 2.38 bits per heavy atom. The summed E-state index contributed by atoms with van der Waals surface area (Å²) in [7, 11) is 1.59. The van der Waals surface area contributed by atoms with Crippen LogP contribution in [0.15, 0.2) is 76.0 Å². The van der Waals surface area contributed by atoms with Crippen molar-refractivity contribution in [1.29, 1.82) is 5.26 Å². The average molecular weight is 524 g/mol. The lowest BCUT2D eigenvalue weighted by Crippen LogP contribution is -2.14. The molecule has 0 aliphatic rings. The van der Waals surface area contributed by atoms with Crippen LogP contribution in [0.3, 0.4) is 0 Å². The summed E-state index contributed by atoms with van der Waals surface area (Å²) in [5.41, 5.74) is 3.89. The maximum absolute atomic E-state index is 13.1. The summed E-state index contributed by atoms with van der Waals surface area (Å²) < 4.78 is 22.5. The fourth-order valence-electron chi connectivity index (χ4n) is 4.17. The molecule has 0 unspecified atom stereocenters. The van der Waals surface area contributed by atoms with Crippen molar-refractivity contribution in [2.75, 3.05) is 7.11 Å². The first-order chi connectivity index (χ1) is 18.8. The second kappa shape index (κ2) is 12.1. The number of methoxy groups -OCH3 is 1. The van der Waals surface area contributed by atoms with Crippen molar-refractivity contribution in [3.8, 4) is 17.6 Å². The number of esters is 1. The van der Waals surface area contributed by atoms with Crippen LogP contribution in [0, 0.1) is 18.3 Å². The van der Waals surface area contributed by atoms with Gasteiger partial charge in [0.25, 0.3) is 0 Å². The maximum Gasteiger partial charge on any atom is 0.340 e. The van der Waals surface area contributed by atoms with Gasteiger partial charge in [-0.15, -0.1) is 0 Å². The molecular formula is C32H29NO6. The van der Waals surface area contributed by atoms with E-state index in [1.54, 1.807) is 43.5 Å². The molecule has 7 heteroatoms. The van der Waals surface area contributed by atoms with Crippen molar-refractivity contribution in [3.05, 3.63) is 111 Å². The smallest absolute Gasteiger partial charge is 0.340 e. The Labute approximate surface area is 226 Å². The number of aryl methyl sites for hydroxylation is 1. The number of nitriles is 1. The van der Waals surface area contributed by atoms with E-state index in [1.807, 2.05) is 51.1 Å². The fourth-order valence-corrected chi connectivity index (χ4v) is 4.17. The number of hydrogen-bond donors (Lipinski definition) is 0. The number of ether oxygens (including phenoxy) is 3. The molecule has 1 aromatic heterocycles. The fraction of sp³-hybridized carbons (Fsp3) is 0.219. The molecule has 7 nitrogen and oxygen atoms in total. The van der Waals surface area contributed by atoms with Gasteiger partial charge in [0.2, 0.25) is 0 Å². The number of carbonyl (C=O) groups is 1. The van der Waals surface area contributed by atoms with E-state index in [-0.39, 0.29) is 12.7 Å². The lowest BCUT2D eigenvalue weighted by atomic mass is 9.97. The van der Waals surface area contributed by atoms with Crippen LogP contribution in [0.4, 0.5) is 0 Å². The van der Waals surface area contributed by atoms with Gasteiger partial charge in [0, 0.05) is 23.4 Å². The van der Waals surface area contributed by atoms with Gasteiger partial charge in [-0.3, -0.25) is 0 Å². The molecule has 4 rings (SSSR count). The van der Waals surface area contributed by atoms with E-state index in [1.165, 1.54) is 6.08 Å². The standard InChI is InChI=1S/C32H29NO6/c1-20(2)38-29-15-14-26-21(3)27(17-23-5-7-24(18-33)8-6-23)32(35)39-31(26)28(29)19-37-30(34)16-11-22-9-12-25(36-4)13-10-22/h5-16,20H,17,19H2,1-4H3/b16-11+. The quantitative estimate of drug-likeness (QED) is 0.148. The molecule has 0 aliphatic heterocycles. The molecular weight excluding hydrogens is 494 g/mol. The van der Waals surface area contributed by atoms with Gasteiger partial charge in [-0.1, -0.05) is 24.3 Å². The first-order valence-corrected chi connectivity index (χ1v) is 12.5. The van der Waals surface area contributed by atoms with Crippen molar-refractivity contribution >= 4 is 23.0 Å². The maximum atomic E-state index is 13.1. The van der Waals surface area contributed by atoms with Crippen LogP contribution in [-0.2, 0) is 22.6 Å². The summed E-state index contributed by atoms with van der Waals surface area (Å²) in [5, 5.41) is 9.77. The average Bonchev–Trinajstić information content (AvgIpc) is 2.93. The third-order valence-electron chi connectivity index (χ3n) is 6.23. The zero-order valence-electron chi connectivity index (χ0n) is 22.3. The zero-order chi connectivity index (χ0) is 27.9. The molecule has 0 atom stereocenters. The number of hydrogen-bond acceptors (Lipinski definition) is 7. The zero-order valence-corrected chi connectivity index (χ0v) is 22.3. The Hall–Kier alpha value is -4.83. The molecule has 0 N–H and O–H groups in total. The van der Waals surface area contributed by atoms with Gasteiger partial charge in [-0.05, 0) is 79.9 Å². The second-order valence-corrected chi connectivity index (χ2v) is 9.28. The van der Waals surface area contributed by atoms with Crippen LogP contribution < -0.4 is 15.1 Å². The molecule has 0 radical (unpaired) electrons. The minimum absolute atomic E-state index is 0.136. The number of fused-ring (bicyclic) bond motifs is 1. The number of carbonyl (C=O) groups excluding carboxylic acids is 1. The topological polar surface area (TPSA) is 98.8 Å². The van der Waals surface area contributed by atoms with Gasteiger partial charge in [-0.25, -0.2) is 9.59 Å². The summed E-state index contributed by atoms with van der Waals surface area (Å²) in [6.07, 6.45) is 3.21. The van der Waals surface area contributed by atoms with E-state index in [4.69, 9.17) is 23.9 Å². The van der Waals surface area contributed by atoms with E-state index in [0.717, 1.165) is 27.8 Å². The summed E-state index contributed by atoms with van der Waals surface area (Å²) in [6.45, 7) is 5.51. The van der Waals surface area contributed by atoms with Gasteiger partial charge in [0.05, 0.1) is 30.4 Å². The largest absolute Gasteiger partial charge is 0.497 e. The minimum Gasteiger partial charge on any atom is -0.497 e. The highest BCUT2D eigenvalue weighted by molar-refractivity contribution is 5.88. The first kappa shape index (κ1) is 27.2. The van der Waals surface area contributed by atoms with E-state index < -0.39 is 11.6 Å². The molecule has 198 valence electrons. The predicted molar refractivity (Wildman–Crippen MR) is 149 cm³/mol.